The van der Waals surface area contributed by atoms with Gasteiger partial charge in [0, 0.05) is 4.90 Å². The zero-order chi connectivity index (χ0) is 10.6. The number of thioether (sulfide) groups is 2. The van der Waals surface area contributed by atoms with Gasteiger partial charge in [-0.2, -0.15) is 13.2 Å². The van der Waals surface area contributed by atoms with Crippen LogP contribution in [0.1, 0.15) is 0 Å². The third kappa shape index (κ3) is 4.76. The number of rotatable bonds is 3. The summed E-state index contributed by atoms with van der Waals surface area (Å²) in [7, 11) is 0. The fourth-order valence-electron chi connectivity index (χ4n) is 0.695. The Balaban J connectivity index is 2.35. The van der Waals surface area contributed by atoms with Crippen LogP contribution in [0.5, 0.6) is 0 Å². The van der Waals surface area contributed by atoms with Gasteiger partial charge in [-0.1, -0.05) is 0 Å². The smallest absolute Gasteiger partial charge is 0.207 e. The first-order chi connectivity index (χ1) is 6.47. The van der Waals surface area contributed by atoms with Crippen LogP contribution in [0.2, 0.25) is 0 Å². The van der Waals surface area contributed by atoms with Gasteiger partial charge in [-0.15, -0.1) is 11.8 Å². The standard InChI is InChI=1S/C8H6F4S2/c9-6-1-3-7(4-2-6)13-5-14-8(10,11)12/h1-4H,5H2. The average molecular weight is 242 g/mol. The lowest BCUT2D eigenvalue weighted by Gasteiger charge is -2.04. The maximum absolute atomic E-state index is 12.4. The summed E-state index contributed by atoms with van der Waals surface area (Å²) in [5.74, 6) is -0.391. The molecule has 0 N–H and O–H groups in total. The van der Waals surface area contributed by atoms with Gasteiger partial charge < -0.3 is 0 Å². The molecule has 0 aliphatic rings. The van der Waals surface area contributed by atoms with Crippen LogP contribution in [0.4, 0.5) is 17.6 Å². The molecule has 6 heteroatoms. The second-order valence-corrected chi connectivity index (χ2v) is 4.76. The Morgan fingerprint density at radius 1 is 1.07 bits per heavy atom. The summed E-state index contributed by atoms with van der Waals surface area (Å²) in [4.78, 5) is 0.628. The molecule has 0 nitrogen and oxygen atoms in total. The molecule has 78 valence electrons. The van der Waals surface area contributed by atoms with E-state index < -0.39 is 11.3 Å². The number of hydrogen-bond acceptors (Lipinski definition) is 2. The molecule has 0 aliphatic carbocycles. The van der Waals surface area contributed by atoms with Crippen molar-refractivity contribution in [2.75, 3.05) is 5.08 Å². The summed E-state index contributed by atoms with van der Waals surface area (Å²) in [5, 5.41) is -0.116. The highest BCUT2D eigenvalue weighted by Crippen LogP contribution is 2.34. The number of alkyl halides is 3. The molecule has 0 fully saturated rings. The summed E-state index contributed by atoms with van der Waals surface area (Å²) in [6.45, 7) is 0. The summed E-state index contributed by atoms with van der Waals surface area (Å²) < 4.78 is 47.5. The van der Waals surface area contributed by atoms with Crippen LogP contribution in [0.25, 0.3) is 0 Å². The first kappa shape index (κ1) is 11.7. The van der Waals surface area contributed by atoms with Crippen LogP contribution in [-0.2, 0) is 0 Å². The minimum absolute atomic E-state index is 0.0982. The predicted molar refractivity (Wildman–Crippen MR) is 50.8 cm³/mol. The van der Waals surface area contributed by atoms with E-state index in [4.69, 9.17) is 0 Å². The second-order valence-electron chi connectivity index (χ2n) is 2.31. The maximum atomic E-state index is 12.4. The van der Waals surface area contributed by atoms with Gasteiger partial charge in [0.25, 0.3) is 0 Å². The molecular formula is C8H6F4S2. The summed E-state index contributed by atoms with van der Waals surface area (Å²) in [6, 6.07) is 5.36. The molecule has 0 saturated heterocycles. The number of halogens is 4. The SMILES string of the molecule is Fc1ccc(SCSC(F)(F)F)cc1. The Morgan fingerprint density at radius 2 is 1.64 bits per heavy atom. The maximum Gasteiger partial charge on any atom is 0.442 e. The van der Waals surface area contributed by atoms with Crippen LogP contribution < -0.4 is 0 Å². The van der Waals surface area contributed by atoms with Gasteiger partial charge in [0.2, 0.25) is 0 Å². The number of hydrogen-bond donors (Lipinski definition) is 0. The molecule has 0 saturated carbocycles. The van der Waals surface area contributed by atoms with Gasteiger partial charge in [0.05, 0.1) is 5.08 Å². The molecule has 0 aliphatic heterocycles. The Hall–Kier alpha value is -0.360. The van der Waals surface area contributed by atoms with Crippen molar-refractivity contribution in [2.24, 2.45) is 0 Å². The van der Waals surface area contributed by atoms with Crippen molar-refractivity contribution >= 4 is 23.5 Å². The Kier molecular flexibility index (Phi) is 4.12. The lowest BCUT2D eigenvalue weighted by molar-refractivity contribution is -0.0324. The van der Waals surface area contributed by atoms with Gasteiger partial charge in [0.15, 0.2) is 0 Å². The predicted octanol–water partition coefficient (Wildman–Crippen LogP) is 4.13. The molecule has 14 heavy (non-hydrogen) atoms. The molecule has 1 aromatic rings. The van der Waals surface area contributed by atoms with Gasteiger partial charge in [-0.3, -0.25) is 0 Å². The van der Waals surface area contributed by atoms with E-state index in [1.165, 1.54) is 24.3 Å². The zero-order valence-corrected chi connectivity index (χ0v) is 8.48. The van der Waals surface area contributed by atoms with Crippen LogP contribution >= 0.6 is 23.5 Å². The average Bonchev–Trinajstić information content (AvgIpc) is 2.06. The molecule has 0 atom stereocenters. The summed E-state index contributed by atoms with van der Waals surface area (Å²) in [6.07, 6.45) is 0. The van der Waals surface area contributed by atoms with Crippen LogP contribution in [0.3, 0.4) is 0 Å². The number of benzene rings is 1. The van der Waals surface area contributed by atoms with Gasteiger partial charge in [-0.05, 0) is 36.0 Å². The van der Waals surface area contributed by atoms with E-state index in [9.17, 15) is 17.6 Å². The van der Waals surface area contributed by atoms with E-state index in [1.807, 2.05) is 0 Å². The van der Waals surface area contributed by atoms with Crippen molar-refractivity contribution in [3.05, 3.63) is 30.1 Å². The Bertz CT molecular complexity index is 280. The molecule has 0 bridgehead atoms. The zero-order valence-electron chi connectivity index (χ0n) is 6.84. The second kappa shape index (κ2) is 4.93. The normalized spacial score (nSPS) is 11.7. The topological polar surface area (TPSA) is 0 Å². The molecule has 0 heterocycles. The minimum Gasteiger partial charge on any atom is -0.207 e. The fraction of sp³-hybridized carbons (Fsp3) is 0.250. The quantitative estimate of drug-likeness (QED) is 0.444. The lowest BCUT2D eigenvalue weighted by Crippen LogP contribution is -1.99. The minimum atomic E-state index is -4.20. The van der Waals surface area contributed by atoms with Gasteiger partial charge in [-0.25, -0.2) is 4.39 Å². The third-order valence-electron chi connectivity index (χ3n) is 1.26. The molecule has 0 spiro atoms. The van der Waals surface area contributed by atoms with Crippen LogP contribution in [-0.4, -0.2) is 10.6 Å². The van der Waals surface area contributed by atoms with Gasteiger partial charge in [0.1, 0.15) is 5.82 Å². The van der Waals surface area contributed by atoms with E-state index >= 15 is 0 Å². The van der Waals surface area contributed by atoms with E-state index in [2.05, 4.69) is 0 Å². The molecule has 0 unspecified atom stereocenters. The molecule has 1 rings (SSSR count). The van der Waals surface area contributed by atoms with Crippen molar-refractivity contribution in [1.82, 2.24) is 0 Å². The molecule has 0 aromatic heterocycles. The summed E-state index contributed by atoms with van der Waals surface area (Å²) >= 11 is 0.934. The van der Waals surface area contributed by atoms with Gasteiger partial charge >= 0.3 is 5.51 Å². The van der Waals surface area contributed by atoms with E-state index in [0.29, 0.717) is 4.90 Å². The van der Waals surface area contributed by atoms with Crippen molar-refractivity contribution in [1.29, 1.82) is 0 Å². The fourth-order valence-corrected chi connectivity index (χ4v) is 2.34. The molecular weight excluding hydrogens is 236 g/mol. The van der Waals surface area contributed by atoms with E-state index in [-0.39, 0.29) is 16.8 Å². The molecule has 0 amide bonds. The Labute approximate surface area is 87.1 Å². The first-order valence-corrected chi connectivity index (χ1v) is 5.53. The highest BCUT2D eigenvalue weighted by Gasteiger charge is 2.27. The van der Waals surface area contributed by atoms with Crippen molar-refractivity contribution in [3.63, 3.8) is 0 Å². The molecule has 0 radical (unpaired) electrons. The third-order valence-corrected chi connectivity index (χ3v) is 3.14. The Morgan fingerprint density at radius 3 is 2.14 bits per heavy atom. The monoisotopic (exact) mass is 242 g/mol. The van der Waals surface area contributed by atoms with E-state index in [1.54, 1.807) is 0 Å². The summed E-state index contributed by atoms with van der Waals surface area (Å²) in [5.41, 5.74) is -4.20. The van der Waals surface area contributed by atoms with Crippen LogP contribution in [0.15, 0.2) is 29.2 Å². The highest BCUT2D eigenvalue weighted by molar-refractivity contribution is 8.16. The van der Waals surface area contributed by atoms with Crippen molar-refractivity contribution in [3.8, 4) is 0 Å². The first-order valence-electron chi connectivity index (χ1n) is 3.56. The van der Waals surface area contributed by atoms with Crippen LogP contribution in [0, 0.1) is 5.82 Å². The highest BCUT2D eigenvalue weighted by atomic mass is 32.2. The van der Waals surface area contributed by atoms with Crippen molar-refractivity contribution < 1.29 is 17.6 Å². The van der Waals surface area contributed by atoms with Crippen molar-refractivity contribution in [2.45, 2.75) is 10.4 Å². The molecule has 1 aromatic carbocycles. The van der Waals surface area contributed by atoms with E-state index in [0.717, 1.165) is 11.8 Å². The largest absolute Gasteiger partial charge is 0.442 e. The lowest BCUT2D eigenvalue weighted by atomic mass is 10.4.